The standard InChI is InChI=1S/C22H22N2O2S2/c1-26-15-6-4-5-14(11-15)17(25)12-27-21-19-16-7-2-3-8-18(16)28-22(19)24-20(23-21)13-9-10-13/h4-6,11,13H,2-3,7-10,12H2,1H3. The van der Waals surface area contributed by atoms with Gasteiger partial charge in [-0.25, -0.2) is 9.97 Å². The molecule has 3 aromatic rings. The summed E-state index contributed by atoms with van der Waals surface area (Å²) >= 11 is 3.41. The molecule has 0 spiro atoms. The lowest BCUT2D eigenvalue weighted by molar-refractivity contribution is 0.102. The molecule has 2 heterocycles. The molecule has 0 saturated heterocycles. The van der Waals surface area contributed by atoms with Gasteiger partial charge in [0.1, 0.15) is 21.4 Å². The second kappa shape index (κ2) is 7.48. The number of rotatable bonds is 6. The molecular weight excluding hydrogens is 388 g/mol. The lowest BCUT2D eigenvalue weighted by atomic mass is 9.97. The highest BCUT2D eigenvalue weighted by Crippen LogP contribution is 2.44. The highest BCUT2D eigenvalue weighted by Gasteiger charge is 2.29. The highest BCUT2D eigenvalue weighted by molar-refractivity contribution is 8.00. The average Bonchev–Trinajstić information content (AvgIpc) is 3.52. The summed E-state index contributed by atoms with van der Waals surface area (Å²) in [6.07, 6.45) is 7.13. The first-order chi connectivity index (χ1) is 13.7. The molecule has 0 unspecified atom stereocenters. The number of thiophene rings is 1. The van der Waals surface area contributed by atoms with Gasteiger partial charge in [0.05, 0.1) is 12.9 Å². The molecule has 28 heavy (non-hydrogen) atoms. The van der Waals surface area contributed by atoms with Crippen molar-refractivity contribution in [3.05, 3.63) is 46.1 Å². The molecule has 0 N–H and O–H groups in total. The fourth-order valence-electron chi connectivity index (χ4n) is 3.78. The highest BCUT2D eigenvalue weighted by atomic mass is 32.2. The number of aryl methyl sites for hydroxylation is 2. The van der Waals surface area contributed by atoms with Crippen LogP contribution in [0.25, 0.3) is 10.2 Å². The van der Waals surface area contributed by atoms with Crippen LogP contribution in [0.1, 0.15) is 58.2 Å². The summed E-state index contributed by atoms with van der Waals surface area (Å²) in [5.41, 5.74) is 2.12. The van der Waals surface area contributed by atoms with Gasteiger partial charge in [0.2, 0.25) is 0 Å². The number of ketones is 1. The van der Waals surface area contributed by atoms with E-state index in [1.807, 2.05) is 29.5 Å². The monoisotopic (exact) mass is 410 g/mol. The molecule has 2 aliphatic rings. The van der Waals surface area contributed by atoms with Crippen LogP contribution >= 0.6 is 23.1 Å². The lowest BCUT2D eigenvalue weighted by Crippen LogP contribution is -2.05. The van der Waals surface area contributed by atoms with Gasteiger partial charge < -0.3 is 4.74 Å². The van der Waals surface area contributed by atoms with Crippen LogP contribution in [0.4, 0.5) is 0 Å². The third-order valence-electron chi connectivity index (χ3n) is 5.47. The van der Waals surface area contributed by atoms with E-state index in [0.29, 0.717) is 23.0 Å². The summed E-state index contributed by atoms with van der Waals surface area (Å²) in [7, 11) is 1.62. The topological polar surface area (TPSA) is 52.1 Å². The zero-order chi connectivity index (χ0) is 19.1. The van der Waals surface area contributed by atoms with Crippen molar-refractivity contribution in [2.75, 3.05) is 12.9 Å². The molecule has 0 atom stereocenters. The Morgan fingerprint density at radius 1 is 1.25 bits per heavy atom. The number of carbonyl (C=O) groups excluding carboxylic acids is 1. The van der Waals surface area contributed by atoms with Crippen LogP contribution in [-0.2, 0) is 12.8 Å². The SMILES string of the molecule is COc1cccc(C(=O)CSc2nc(C3CC3)nc3sc4c(c23)CCCC4)c1. The number of thioether (sulfide) groups is 1. The molecular formula is C22H22N2O2S2. The minimum Gasteiger partial charge on any atom is -0.497 e. The predicted molar refractivity (Wildman–Crippen MR) is 114 cm³/mol. The largest absolute Gasteiger partial charge is 0.497 e. The molecule has 0 amide bonds. The molecule has 2 aliphatic carbocycles. The van der Waals surface area contributed by atoms with E-state index >= 15 is 0 Å². The molecule has 6 heteroatoms. The van der Waals surface area contributed by atoms with E-state index < -0.39 is 0 Å². The fourth-order valence-corrected chi connectivity index (χ4v) is 6.07. The Bertz CT molecular complexity index is 1060. The van der Waals surface area contributed by atoms with Crippen molar-refractivity contribution in [3.8, 4) is 5.75 Å². The number of aromatic nitrogens is 2. The predicted octanol–water partition coefficient (Wildman–Crippen LogP) is 5.43. The second-order valence-corrected chi connectivity index (χ2v) is 9.54. The summed E-state index contributed by atoms with van der Waals surface area (Å²) in [4.78, 5) is 25.2. The molecule has 1 aromatic carbocycles. The molecule has 0 radical (unpaired) electrons. The third-order valence-corrected chi connectivity index (χ3v) is 7.63. The second-order valence-electron chi connectivity index (χ2n) is 7.50. The Hall–Kier alpha value is -1.92. The lowest BCUT2D eigenvalue weighted by Gasteiger charge is -2.12. The first-order valence-corrected chi connectivity index (χ1v) is 11.7. The van der Waals surface area contributed by atoms with Crippen molar-refractivity contribution >= 4 is 39.1 Å². The third kappa shape index (κ3) is 3.44. The number of carbonyl (C=O) groups is 1. The van der Waals surface area contributed by atoms with Crippen molar-refractivity contribution in [2.24, 2.45) is 0 Å². The van der Waals surface area contributed by atoms with Gasteiger partial charge >= 0.3 is 0 Å². The Morgan fingerprint density at radius 2 is 2.11 bits per heavy atom. The number of benzene rings is 1. The first-order valence-electron chi connectivity index (χ1n) is 9.85. The Morgan fingerprint density at radius 3 is 2.93 bits per heavy atom. The summed E-state index contributed by atoms with van der Waals surface area (Å²) in [6.45, 7) is 0. The maximum atomic E-state index is 12.8. The van der Waals surface area contributed by atoms with Crippen molar-refractivity contribution in [3.63, 3.8) is 0 Å². The van der Waals surface area contributed by atoms with E-state index in [2.05, 4.69) is 0 Å². The number of hydrogen-bond donors (Lipinski definition) is 0. The van der Waals surface area contributed by atoms with Crippen LogP contribution < -0.4 is 4.74 Å². The van der Waals surface area contributed by atoms with E-state index in [0.717, 1.165) is 28.5 Å². The van der Waals surface area contributed by atoms with Crippen molar-refractivity contribution < 1.29 is 9.53 Å². The van der Waals surface area contributed by atoms with Gasteiger partial charge in [-0.3, -0.25) is 4.79 Å². The number of hydrogen-bond acceptors (Lipinski definition) is 6. The number of fused-ring (bicyclic) bond motifs is 3. The molecule has 0 aliphatic heterocycles. The van der Waals surface area contributed by atoms with Crippen LogP contribution in [0.5, 0.6) is 5.75 Å². The van der Waals surface area contributed by atoms with Gasteiger partial charge in [0.15, 0.2) is 5.78 Å². The quantitative estimate of drug-likeness (QED) is 0.308. The minimum atomic E-state index is 0.104. The van der Waals surface area contributed by atoms with Crippen LogP contribution in [0.15, 0.2) is 29.3 Å². The summed E-state index contributed by atoms with van der Waals surface area (Å²) in [5.74, 6) is 2.68. The van der Waals surface area contributed by atoms with Gasteiger partial charge in [-0.1, -0.05) is 23.9 Å². The molecule has 1 saturated carbocycles. The maximum absolute atomic E-state index is 12.8. The van der Waals surface area contributed by atoms with E-state index in [9.17, 15) is 4.79 Å². The normalized spacial score (nSPS) is 16.2. The zero-order valence-corrected chi connectivity index (χ0v) is 17.5. The first kappa shape index (κ1) is 18.1. The van der Waals surface area contributed by atoms with E-state index in [1.165, 1.54) is 41.5 Å². The maximum Gasteiger partial charge on any atom is 0.173 e. The average molecular weight is 411 g/mol. The summed E-state index contributed by atoms with van der Waals surface area (Å²) in [5, 5.41) is 2.22. The van der Waals surface area contributed by atoms with E-state index in [1.54, 1.807) is 24.9 Å². The van der Waals surface area contributed by atoms with Gasteiger partial charge in [0.25, 0.3) is 0 Å². The van der Waals surface area contributed by atoms with Gasteiger partial charge in [-0.15, -0.1) is 11.3 Å². The number of ether oxygens (including phenoxy) is 1. The Kier molecular flexibility index (Phi) is 4.85. The Balaban J connectivity index is 1.47. The van der Waals surface area contributed by atoms with Crippen LogP contribution in [0, 0.1) is 0 Å². The van der Waals surface area contributed by atoms with Crippen molar-refractivity contribution in [2.45, 2.75) is 49.5 Å². The molecule has 0 bridgehead atoms. The van der Waals surface area contributed by atoms with Gasteiger partial charge in [0, 0.05) is 21.7 Å². The fraction of sp³-hybridized carbons (Fsp3) is 0.409. The van der Waals surface area contributed by atoms with Crippen LogP contribution in [0.3, 0.4) is 0 Å². The zero-order valence-electron chi connectivity index (χ0n) is 15.9. The summed E-state index contributed by atoms with van der Waals surface area (Å²) < 4.78 is 5.25. The van der Waals surface area contributed by atoms with E-state index in [-0.39, 0.29) is 5.78 Å². The Labute approximate surface area is 172 Å². The van der Waals surface area contributed by atoms with Gasteiger partial charge in [-0.05, 0) is 56.2 Å². The number of nitrogens with zero attached hydrogens (tertiary/aromatic N) is 2. The molecule has 2 aromatic heterocycles. The van der Waals surface area contributed by atoms with Gasteiger partial charge in [-0.2, -0.15) is 0 Å². The van der Waals surface area contributed by atoms with Crippen LogP contribution in [-0.4, -0.2) is 28.6 Å². The van der Waals surface area contributed by atoms with Crippen molar-refractivity contribution in [1.82, 2.24) is 9.97 Å². The summed E-state index contributed by atoms with van der Waals surface area (Å²) in [6, 6.07) is 7.38. The smallest absolute Gasteiger partial charge is 0.173 e. The van der Waals surface area contributed by atoms with E-state index in [4.69, 9.17) is 14.7 Å². The molecule has 144 valence electrons. The minimum absolute atomic E-state index is 0.104. The molecule has 4 nitrogen and oxygen atoms in total. The number of methoxy groups -OCH3 is 1. The van der Waals surface area contributed by atoms with Crippen molar-refractivity contribution in [1.29, 1.82) is 0 Å². The molecule has 1 fully saturated rings. The molecule has 5 rings (SSSR count). The number of Topliss-reactive ketones (excluding diaryl/α,β-unsaturated/α-hetero) is 1. The van der Waals surface area contributed by atoms with Crippen LogP contribution in [0.2, 0.25) is 0 Å².